The Morgan fingerprint density at radius 1 is 1.16 bits per heavy atom. The van der Waals surface area contributed by atoms with Crippen LogP contribution in [-0.4, -0.2) is 51.2 Å². The Morgan fingerprint density at radius 3 is 2.92 bits per heavy atom. The van der Waals surface area contributed by atoms with Gasteiger partial charge in [-0.05, 0) is 37.8 Å². The number of hydrogen-bond acceptors (Lipinski definition) is 3. The summed E-state index contributed by atoms with van der Waals surface area (Å²) in [7, 11) is 0. The Bertz CT molecular complexity index is 752. The maximum Gasteiger partial charge on any atom is 0.242 e. The Hall–Kier alpha value is -2.37. The number of aromatic nitrogens is 2. The van der Waals surface area contributed by atoms with Crippen LogP contribution in [0.2, 0.25) is 0 Å². The zero-order chi connectivity index (χ0) is 17.2. The maximum atomic E-state index is 12.9. The molecule has 1 atom stereocenters. The van der Waals surface area contributed by atoms with Gasteiger partial charge in [0.25, 0.3) is 0 Å². The first-order valence-corrected chi connectivity index (χ1v) is 9.24. The van der Waals surface area contributed by atoms with Crippen LogP contribution in [0.25, 0.3) is 11.0 Å². The zero-order valence-electron chi connectivity index (χ0n) is 14.4. The number of aromatic amines is 1. The van der Waals surface area contributed by atoms with Gasteiger partial charge in [0, 0.05) is 19.5 Å². The number of rotatable bonds is 3. The van der Waals surface area contributed by atoms with E-state index in [2.05, 4.69) is 9.97 Å². The lowest BCUT2D eigenvalue weighted by atomic mass is 10.2. The molecule has 2 amide bonds. The van der Waals surface area contributed by atoms with E-state index in [1.807, 2.05) is 29.2 Å². The predicted molar refractivity (Wildman–Crippen MR) is 94.8 cm³/mol. The van der Waals surface area contributed by atoms with E-state index in [0.717, 1.165) is 55.5 Å². The number of carbonyl (C=O) groups excluding carboxylic acids is 2. The minimum Gasteiger partial charge on any atom is -0.340 e. The van der Waals surface area contributed by atoms with Gasteiger partial charge >= 0.3 is 0 Å². The molecule has 4 rings (SSSR count). The second-order valence-electron chi connectivity index (χ2n) is 7.01. The van der Waals surface area contributed by atoms with Crippen LogP contribution < -0.4 is 0 Å². The van der Waals surface area contributed by atoms with Gasteiger partial charge in [-0.1, -0.05) is 18.6 Å². The Morgan fingerprint density at radius 2 is 2.04 bits per heavy atom. The molecule has 1 aromatic heterocycles. The van der Waals surface area contributed by atoms with E-state index < -0.39 is 0 Å². The number of fused-ring (bicyclic) bond motifs is 1. The maximum absolute atomic E-state index is 12.9. The topological polar surface area (TPSA) is 69.3 Å². The lowest BCUT2D eigenvalue weighted by Gasteiger charge is -2.27. The molecule has 2 fully saturated rings. The number of imidazole rings is 1. The molecular formula is C19H24N4O2. The molecular weight excluding hydrogens is 316 g/mol. The molecule has 132 valence electrons. The predicted octanol–water partition coefficient (Wildman–Crippen LogP) is 2.63. The highest BCUT2D eigenvalue weighted by molar-refractivity contribution is 5.85. The highest BCUT2D eigenvalue weighted by atomic mass is 16.2. The van der Waals surface area contributed by atoms with Crippen molar-refractivity contribution in [3.05, 3.63) is 30.1 Å². The van der Waals surface area contributed by atoms with Crippen LogP contribution in [0.3, 0.4) is 0 Å². The van der Waals surface area contributed by atoms with Crippen LogP contribution in [0.15, 0.2) is 24.3 Å². The molecule has 0 bridgehead atoms. The van der Waals surface area contributed by atoms with Crippen molar-refractivity contribution in [2.75, 3.05) is 19.6 Å². The van der Waals surface area contributed by atoms with Crippen LogP contribution >= 0.6 is 0 Å². The minimum absolute atomic E-state index is 0.0121. The van der Waals surface area contributed by atoms with Crippen molar-refractivity contribution in [3.63, 3.8) is 0 Å². The van der Waals surface area contributed by atoms with Crippen LogP contribution in [0, 0.1) is 0 Å². The molecule has 0 saturated carbocycles. The van der Waals surface area contributed by atoms with Crippen LogP contribution in [0.5, 0.6) is 0 Å². The average Bonchev–Trinajstić information content (AvgIpc) is 3.21. The van der Waals surface area contributed by atoms with E-state index in [1.54, 1.807) is 4.90 Å². The summed E-state index contributed by atoms with van der Waals surface area (Å²) >= 11 is 0. The Labute approximate surface area is 147 Å². The first kappa shape index (κ1) is 16.1. The van der Waals surface area contributed by atoms with Crippen molar-refractivity contribution in [1.29, 1.82) is 0 Å². The van der Waals surface area contributed by atoms with Gasteiger partial charge in [0.2, 0.25) is 11.8 Å². The van der Waals surface area contributed by atoms with E-state index in [4.69, 9.17) is 0 Å². The lowest BCUT2D eigenvalue weighted by Crippen LogP contribution is -2.42. The van der Waals surface area contributed by atoms with Crippen molar-refractivity contribution in [1.82, 2.24) is 19.8 Å². The second-order valence-corrected chi connectivity index (χ2v) is 7.01. The molecule has 25 heavy (non-hydrogen) atoms. The molecule has 2 aliphatic rings. The summed E-state index contributed by atoms with van der Waals surface area (Å²) in [6.07, 6.45) is 5.46. The van der Waals surface area contributed by atoms with Crippen molar-refractivity contribution < 1.29 is 9.59 Å². The molecule has 1 N–H and O–H groups in total. The lowest BCUT2D eigenvalue weighted by molar-refractivity contribution is -0.140. The SMILES string of the molecule is O=C1CCCCCN1CC(=O)N1CCC[C@@H]1c1nc2ccccc2[nH]1. The normalized spacial score (nSPS) is 21.8. The van der Waals surface area contributed by atoms with E-state index in [-0.39, 0.29) is 24.4 Å². The van der Waals surface area contributed by atoms with Crippen LogP contribution in [0.1, 0.15) is 50.4 Å². The standard InChI is InChI=1S/C19H24N4O2/c24-17-10-2-1-5-11-22(17)13-18(25)23-12-6-9-16(23)19-20-14-7-3-4-8-15(14)21-19/h3-4,7-8,16H,1-2,5-6,9-13H2,(H,20,21)/t16-/m1/s1. The number of H-pyrrole nitrogens is 1. The number of amides is 2. The van der Waals surface area contributed by atoms with Crippen molar-refractivity contribution >= 4 is 22.8 Å². The molecule has 0 aliphatic carbocycles. The molecule has 3 heterocycles. The molecule has 0 unspecified atom stereocenters. The monoisotopic (exact) mass is 340 g/mol. The van der Waals surface area contributed by atoms with Crippen LogP contribution in [0.4, 0.5) is 0 Å². The van der Waals surface area contributed by atoms with Gasteiger partial charge in [0.05, 0.1) is 23.6 Å². The molecule has 0 radical (unpaired) electrons. The number of carbonyl (C=O) groups is 2. The second kappa shape index (κ2) is 6.86. The van der Waals surface area contributed by atoms with Gasteiger partial charge < -0.3 is 14.8 Å². The van der Waals surface area contributed by atoms with Gasteiger partial charge in [0.15, 0.2) is 0 Å². The smallest absolute Gasteiger partial charge is 0.242 e. The Kier molecular flexibility index (Phi) is 4.42. The quantitative estimate of drug-likeness (QED) is 0.934. The van der Waals surface area contributed by atoms with Gasteiger partial charge in [-0.2, -0.15) is 0 Å². The summed E-state index contributed by atoms with van der Waals surface area (Å²) in [4.78, 5) is 36.7. The largest absolute Gasteiger partial charge is 0.340 e. The highest BCUT2D eigenvalue weighted by Gasteiger charge is 2.33. The van der Waals surface area contributed by atoms with Crippen LogP contribution in [-0.2, 0) is 9.59 Å². The van der Waals surface area contributed by atoms with E-state index in [1.165, 1.54) is 0 Å². The van der Waals surface area contributed by atoms with Gasteiger partial charge in [-0.15, -0.1) is 0 Å². The fourth-order valence-electron chi connectivity index (χ4n) is 3.94. The fraction of sp³-hybridized carbons (Fsp3) is 0.526. The van der Waals surface area contributed by atoms with Gasteiger partial charge in [-0.3, -0.25) is 9.59 Å². The first-order chi connectivity index (χ1) is 12.2. The number of para-hydroxylation sites is 2. The summed E-state index contributed by atoms with van der Waals surface area (Å²) in [5, 5.41) is 0. The van der Waals surface area contributed by atoms with Crippen molar-refractivity contribution in [2.45, 2.75) is 44.6 Å². The summed E-state index contributed by atoms with van der Waals surface area (Å²) in [5.74, 6) is 1.01. The Balaban J connectivity index is 1.50. The summed E-state index contributed by atoms with van der Waals surface area (Å²) < 4.78 is 0. The third kappa shape index (κ3) is 3.25. The third-order valence-electron chi connectivity index (χ3n) is 5.29. The molecule has 2 aliphatic heterocycles. The van der Waals surface area contributed by atoms with Crippen molar-refractivity contribution in [2.24, 2.45) is 0 Å². The fourth-order valence-corrected chi connectivity index (χ4v) is 3.94. The van der Waals surface area contributed by atoms with Gasteiger partial charge in [0.1, 0.15) is 5.82 Å². The molecule has 6 heteroatoms. The zero-order valence-corrected chi connectivity index (χ0v) is 14.4. The van der Waals surface area contributed by atoms with E-state index in [9.17, 15) is 9.59 Å². The summed E-state index contributed by atoms with van der Waals surface area (Å²) in [6.45, 7) is 1.64. The van der Waals surface area contributed by atoms with E-state index >= 15 is 0 Å². The first-order valence-electron chi connectivity index (χ1n) is 9.24. The highest BCUT2D eigenvalue weighted by Crippen LogP contribution is 2.31. The molecule has 2 saturated heterocycles. The minimum atomic E-state index is -0.0121. The number of likely N-dealkylation sites (tertiary alicyclic amines) is 2. The number of nitrogens with one attached hydrogen (secondary N) is 1. The molecule has 2 aromatic rings. The number of hydrogen-bond donors (Lipinski definition) is 1. The molecule has 0 spiro atoms. The third-order valence-corrected chi connectivity index (χ3v) is 5.29. The summed E-state index contributed by atoms with van der Waals surface area (Å²) in [6, 6.07) is 7.92. The van der Waals surface area contributed by atoms with Crippen molar-refractivity contribution in [3.8, 4) is 0 Å². The number of benzene rings is 1. The van der Waals surface area contributed by atoms with E-state index in [0.29, 0.717) is 13.0 Å². The summed E-state index contributed by atoms with van der Waals surface area (Å²) in [5.41, 5.74) is 1.93. The molecule has 6 nitrogen and oxygen atoms in total. The molecule has 1 aromatic carbocycles. The average molecular weight is 340 g/mol. The number of nitrogens with zero attached hydrogens (tertiary/aromatic N) is 3. The van der Waals surface area contributed by atoms with Gasteiger partial charge in [-0.25, -0.2) is 4.98 Å².